The highest BCUT2D eigenvalue weighted by Gasteiger charge is 2.34. The number of amides is 1. The molecular weight excluding hydrogens is 280 g/mol. The Morgan fingerprint density at radius 2 is 1.91 bits per heavy atom. The third kappa shape index (κ3) is 2.89. The molecule has 0 spiro atoms. The van der Waals surface area contributed by atoms with Crippen molar-refractivity contribution < 1.29 is 14.7 Å². The molecule has 5 heteroatoms. The highest BCUT2D eigenvalue weighted by Crippen LogP contribution is 2.27. The monoisotopic (exact) mass is 306 g/mol. The molecule has 1 aliphatic heterocycles. The minimum Gasteiger partial charge on any atom is -0.481 e. The first-order chi connectivity index (χ1) is 10.2. The van der Waals surface area contributed by atoms with Gasteiger partial charge in [0.25, 0.3) is 5.91 Å². The van der Waals surface area contributed by atoms with E-state index < -0.39 is 11.9 Å². The molecule has 0 saturated carbocycles. The van der Waals surface area contributed by atoms with Crippen molar-refractivity contribution in [3.8, 4) is 0 Å². The van der Waals surface area contributed by atoms with Crippen LogP contribution in [0, 0.1) is 19.8 Å². The summed E-state index contributed by atoms with van der Waals surface area (Å²) >= 11 is 0. The number of aliphatic carboxylic acids is 1. The van der Waals surface area contributed by atoms with Gasteiger partial charge in [-0.3, -0.25) is 9.59 Å². The van der Waals surface area contributed by atoms with E-state index in [1.807, 2.05) is 26.8 Å². The Balaban J connectivity index is 2.31. The lowest BCUT2D eigenvalue weighted by molar-refractivity contribution is -0.143. The number of piperidine rings is 1. The van der Waals surface area contributed by atoms with E-state index >= 15 is 0 Å². The number of nitrogens with zero attached hydrogens (tertiary/aromatic N) is 2. The standard InChI is InChI=1S/C17H26N2O3/c1-10(2)19-12(4)8-15(13(19)5)16(20)18-9-14(17(21)22)7-6-11(18)3/h8,10-11,14H,6-7,9H2,1-5H3,(H,21,22). The SMILES string of the molecule is Cc1cc(C(=O)N2CC(C(=O)O)CCC2C)c(C)n1C(C)C. The van der Waals surface area contributed by atoms with Crippen LogP contribution >= 0.6 is 0 Å². The predicted octanol–water partition coefficient (Wildman–Crippen LogP) is 3.01. The van der Waals surface area contributed by atoms with Crippen molar-refractivity contribution in [3.63, 3.8) is 0 Å². The normalized spacial score (nSPS) is 22.2. The average molecular weight is 306 g/mol. The van der Waals surface area contributed by atoms with Crippen molar-refractivity contribution in [1.82, 2.24) is 9.47 Å². The van der Waals surface area contributed by atoms with E-state index in [0.717, 1.165) is 17.8 Å². The summed E-state index contributed by atoms with van der Waals surface area (Å²) in [5.74, 6) is -1.30. The van der Waals surface area contributed by atoms with E-state index in [1.54, 1.807) is 4.90 Å². The molecule has 2 unspecified atom stereocenters. The topological polar surface area (TPSA) is 62.5 Å². The number of aromatic nitrogens is 1. The fourth-order valence-electron chi connectivity index (χ4n) is 3.53. The maximum Gasteiger partial charge on any atom is 0.308 e. The van der Waals surface area contributed by atoms with Crippen LogP contribution in [0.3, 0.4) is 0 Å². The van der Waals surface area contributed by atoms with Gasteiger partial charge >= 0.3 is 5.97 Å². The molecule has 1 N–H and O–H groups in total. The maximum absolute atomic E-state index is 12.9. The summed E-state index contributed by atoms with van der Waals surface area (Å²) < 4.78 is 2.15. The molecule has 1 aromatic heterocycles. The molecule has 5 nitrogen and oxygen atoms in total. The van der Waals surface area contributed by atoms with Crippen LogP contribution in [0.25, 0.3) is 0 Å². The van der Waals surface area contributed by atoms with E-state index in [2.05, 4.69) is 18.4 Å². The van der Waals surface area contributed by atoms with Crippen LogP contribution < -0.4 is 0 Å². The number of carboxylic acids is 1. The second-order valence-corrected chi connectivity index (χ2v) is 6.67. The number of carbonyl (C=O) groups excluding carboxylic acids is 1. The summed E-state index contributed by atoms with van der Waals surface area (Å²) in [5, 5.41) is 9.23. The van der Waals surface area contributed by atoms with Gasteiger partial charge in [0.05, 0.1) is 11.5 Å². The summed E-state index contributed by atoms with van der Waals surface area (Å²) in [7, 11) is 0. The Labute approximate surface area is 131 Å². The largest absolute Gasteiger partial charge is 0.481 e. The smallest absolute Gasteiger partial charge is 0.308 e. The zero-order chi connectivity index (χ0) is 16.6. The minimum atomic E-state index is -0.808. The van der Waals surface area contributed by atoms with E-state index in [1.165, 1.54) is 0 Å². The lowest BCUT2D eigenvalue weighted by Gasteiger charge is -2.36. The Bertz CT molecular complexity index is 589. The molecule has 0 aromatic carbocycles. The molecule has 0 bridgehead atoms. The third-order valence-electron chi connectivity index (χ3n) is 4.72. The molecule has 1 saturated heterocycles. The highest BCUT2D eigenvalue weighted by molar-refractivity contribution is 5.96. The van der Waals surface area contributed by atoms with Gasteiger partial charge in [0.1, 0.15) is 0 Å². The molecule has 1 amide bonds. The van der Waals surface area contributed by atoms with Gasteiger partial charge in [-0.15, -0.1) is 0 Å². The van der Waals surface area contributed by atoms with E-state index in [0.29, 0.717) is 24.6 Å². The van der Waals surface area contributed by atoms with Gasteiger partial charge in [0.2, 0.25) is 0 Å². The lowest BCUT2D eigenvalue weighted by Crippen LogP contribution is -2.47. The lowest BCUT2D eigenvalue weighted by atomic mass is 9.93. The van der Waals surface area contributed by atoms with Crippen LogP contribution in [0.15, 0.2) is 6.07 Å². The Morgan fingerprint density at radius 1 is 1.27 bits per heavy atom. The van der Waals surface area contributed by atoms with Gasteiger partial charge in [-0.05, 0) is 53.5 Å². The number of hydrogen-bond donors (Lipinski definition) is 1. The molecule has 0 radical (unpaired) electrons. The number of carboxylic acid groups (broad SMARTS) is 1. The van der Waals surface area contributed by atoms with Gasteiger partial charge in [-0.25, -0.2) is 0 Å². The van der Waals surface area contributed by atoms with Gasteiger partial charge in [-0.2, -0.15) is 0 Å². The zero-order valence-corrected chi connectivity index (χ0v) is 14.1. The van der Waals surface area contributed by atoms with Crippen LogP contribution in [-0.4, -0.2) is 39.0 Å². The van der Waals surface area contributed by atoms with Crippen LogP contribution in [0.1, 0.15) is 61.4 Å². The first-order valence-corrected chi connectivity index (χ1v) is 7.96. The van der Waals surface area contributed by atoms with Crippen molar-refractivity contribution in [1.29, 1.82) is 0 Å². The van der Waals surface area contributed by atoms with Crippen molar-refractivity contribution >= 4 is 11.9 Å². The van der Waals surface area contributed by atoms with E-state index in [4.69, 9.17) is 0 Å². The maximum atomic E-state index is 12.9. The van der Waals surface area contributed by atoms with Crippen molar-refractivity contribution in [2.75, 3.05) is 6.54 Å². The Morgan fingerprint density at radius 3 is 2.41 bits per heavy atom. The minimum absolute atomic E-state index is 0.0431. The molecule has 2 rings (SSSR count). The van der Waals surface area contributed by atoms with Crippen LogP contribution in [0.2, 0.25) is 0 Å². The molecule has 2 heterocycles. The molecule has 1 fully saturated rings. The first kappa shape index (κ1) is 16.6. The van der Waals surface area contributed by atoms with E-state index in [9.17, 15) is 14.7 Å². The fraction of sp³-hybridized carbons (Fsp3) is 0.647. The Kier molecular flexibility index (Phi) is 4.63. The van der Waals surface area contributed by atoms with Crippen molar-refractivity contribution in [2.45, 2.75) is 59.5 Å². The first-order valence-electron chi connectivity index (χ1n) is 7.96. The number of likely N-dealkylation sites (tertiary alicyclic amines) is 1. The number of carbonyl (C=O) groups is 2. The van der Waals surface area contributed by atoms with Gasteiger partial charge in [0, 0.05) is 30.0 Å². The van der Waals surface area contributed by atoms with Crippen LogP contribution in [-0.2, 0) is 4.79 Å². The summed E-state index contributed by atoms with van der Waals surface area (Å²) in [6.45, 7) is 10.5. The number of hydrogen-bond acceptors (Lipinski definition) is 2. The summed E-state index contributed by atoms with van der Waals surface area (Å²) in [6.07, 6.45) is 1.39. The van der Waals surface area contributed by atoms with Crippen LogP contribution in [0.4, 0.5) is 0 Å². The zero-order valence-electron chi connectivity index (χ0n) is 14.1. The molecule has 2 atom stereocenters. The number of rotatable bonds is 3. The van der Waals surface area contributed by atoms with Crippen LogP contribution in [0.5, 0.6) is 0 Å². The second kappa shape index (κ2) is 6.15. The summed E-state index contributed by atoms with van der Waals surface area (Å²) in [6, 6.07) is 2.31. The van der Waals surface area contributed by atoms with Gasteiger partial charge in [0.15, 0.2) is 0 Å². The molecule has 122 valence electrons. The quantitative estimate of drug-likeness (QED) is 0.933. The molecule has 22 heavy (non-hydrogen) atoms. The molecular formula is C17H26N2O3. The average Bonchev–Trinajstić information content (AvgIpc) is 2.73. The molecule has 1 aliphatic rings. The van der Waals surface area contributed by atoms with Crippen molar-refractivity contribution in [3.05, 3.63) is 23.0 Å². The van der Waals surface area contributed by atoms with Gasteiger partial charge in [-0.1, -0.05) is 0 Å². The summed E-state index contributed by atoms with van der Waals surface area (Å²) in [4.78, 5) is 25.9. The third-order valence-corrected chi connectivity index (χ3v) is 4.72. The second-order valence-electron chi connectivity index (χ2n) is 6.67. The highest BCUT2D eigenvalue weighted by atomic mass is 16.4. The molecule has 0 aliphatic carbocycles. The fourth-order valence-corrected chi connectivity index (χ4v) is 3.53. The van der Waals surface area contributed by atoms with Gasteiger partial charge < -0.3 is 14.6 Å². The Hall–Kier alpha value is -1.78. The summed E-state index contributed by atoms with van der Waals surface area (Å²) in [5.41, 5.74) is 2.72. The molecule has 1 aromatic rings. The van der Waals surface area contributed by atoms with Crippen molar-refractivity contribution in [2.24, 2.45) is 5.92 Å². The predicted molar refractivity (Wildman–Crippen MR) is 85.1 cm³/mol. The number of aryl methyl sites for hydroxylation is 1. The van der Waals surface area contributed by atoms with E-state index in [-0.39, 0.29) is 11.9 Å².